The number of nitro groups is 1. The van der Waals surface area contributed by atoms with Gasteiger partial charge >= 0.3 is 0 Å². The molecule has 1 fully saturated rings. The Hall–Kier alpha value is -1.86. The molecular weight excluding hydrogens is 260 g/mol. The van der Waals surface area contributed by atoms with Crippen molar-refractivity contribution in [1.82, 2.24) is 4.90 Å². The van der Waals surface area contributed by atoms with E-state index in [1.165, 1.54) is 12.1 Å². The smallest absolute Gasteiger partial charge is 0.273 e. The topological polar surface area (TPSA) is 93.7 Å². The van der Waals surface area contributed by atoms with Gasteiger partial charge in [0.15, 0.2) is 0 Å². The van der Waals surface area contributed by atoms with E-state index in [2.05, 4.69) is 10.2 Å². The van der Waals surface area contributed by atoms with Gasteiger partial charge in [-0.15, -0.1) is 0 Å². The first-order chi connectivity index (χ1) is 9.54. The number of morpholine rings is 1. The molecule has 0 spiro atoms. The molecule has 0 bridgehead atoms. The predicted molar refractivity (Wildman–Crippen MR) is 77.9 cm³/mol. The first-order valence-corrected chi connectivity index (χ1v) is 6.66. The van der Waals surface area contributed by atoms with Crippen LogP contribution in [0.3, 0.4) is 0 Å². The van der Waals surface area contributed by atoms with Crippen molar-refractivity contribution in [3.8, 4) is 0 Å². The van der Waals surface area contributed by atoms with Crippen LogP contribution in [0, 0.1) is 10.1 Å². The van der Waals surface area contributed by atoms with Gasteiger partial charge in [0.1, 0.15) is 0 Å². The number of nitro benzene ring substituents is 1. The zero-order chi connectivity index (χ0) is 14.5. The number of hydrogen-bond donors (Lipinski definition) is 2. The van der Waals surface area contributed by atoms with Crippen LogP contribution in [0.15, 0.2) is 18.2 Å². The van der Waals surface area contributed by atoms with Crippen LogP contribution >= 0.6 is 0 Å². The summed E-state index contributed by atoms with van der Waals surface area (Å²) in [7, 11) is 0. The first kappa shape index (κ1) is 14.5. The summed E-state index contributed by atoms with van der Waals surface area (Å²) in [5, 5.41) is 14.1. The Morgan fingerprint density at radius 2 is 2.15 bits per heavy atom. The monoisotopic (exact) mass is 280 g/mol. The molecule has 20 heavy (non-hydrogen) atoms. The van der Waals surface area contributed by atoms with Gasteiger partial charge < -0.3 is 15.8 Å². The average Bonchev–Trinajstić information content (AvgIpc) is 2.38. The number of non-ortho nitro benzene ring substituents is 1. The van der Waals surface area contributed by atoms with Crippen molar-refractivity contribution in [3.63, 3.8) is 0 Å². The molecule has 1 saturated heterocycles. The summed E-state index contributed by atoms with van der Waals surface area (Å²) in [5.74, 6) is 0. The molecule has 7 nitrogen and oxygen atoms in total. The van der Waals surface area contributed by atoms with Crippen molar-refractivity contribution >= 4 is 17.1 Å². The van der Waals surface area contributed by atoms with Crippen LogP contribution < -0.4 is 11.1 Å². The van der Waals surface area contributed by atoms with Crippen LogP contribution in [0.25, 0.3) is 0 Å². The van der Waals surface area contributed by atoms with Crippen LogP contribution in [-0.4, -0.2) is 48.7 Å². The summed E-state index contributed by atoms with van der Waals surface area (Å²) in [5.41, 5.74) is 6.76. The van der Waals surface area contributed by atoms with Gasteiger partial charge in [0.05, 0.1) is 18.1 Å². The van der Waals surface area contributed by atoms with Crippen LogP contribution in [0.2, 0.25) is 0 Å². The van der Waals surface area contributed by atoms with Gasteiger partial charge in [-0.1, -0.05) is 0 Å². The normalized spacial score (nSPS) is 17.6. The number of nitrogen functional groups attached to an aromatic ring is 1. The lowest BCUT2D eigenvalue weighted by atomic mass is 10.2. The van der Waals surface area contributed by atoms with Gasteiger partial charge in [0.2, 0.25) is 0 Å². The van der Waals surface area contributed by atoms with Gasteiger partial charge in [-0.05, 0) is 13.0 Å². The average molecular weight is 280 g/mol. The molecular formula is C13H20N4O3. The van der Waals surface area contributed by atoms with E-state index in [9.17, 15) is 10.1 Å². The van der Waals surface area contributed by atoms with E-state index in [1.54, 1.807) is 6.07 Å². The zero-order valence-corrected chi connectivity index (χ0v) is 11.5. The van der Waals surface area contributed by atoms with Gasteiger partial charge in [-0.3, -0.25) is 15.0 Å². The summed E-state index contributed by atoms with van der Waals surface area (Å²) in [4.78, 5) is 12.7. The first-order valence-electron chi connectivity index (χ1n) is 6.66. The summed E-state index contributed by atoms with van der Waals surface area (Å²) < 4.78 is 5.30. The maximum absolute atomic E-state index is 10.8. The van der Waals surface area contributed by atoms with Crippen LogP contribution in [0.5, 0.6) is 0 Å². The largest absolute Gasteiger partial charge is 0.398 e. The van der Waals surface area contributed by atoms with Gasteiger partial charge in [0.25, 0.3) is 5.69 Å². The van der Waals surface area contributed by atoms with E-state index >= 15 is 0 Å². The second-order valence-electron chi connectivity index (χ2n) is 5.03. The molecule has 7 heteroatoms. The van der Waals surface area contributed by atoms with Gasteiger partial charge in [-0.25, -0.2) is 0 Å². The lowest BCUT2D eigenvalue weighted by Crippen LogP contribution is -2.42. The molecule has 0 amide bonds. The fourth-order valence-electron chi connectivity index (χ4n) is 2.32. The Kier molecular flexibility index (Phi) is 4.75. The molecule has 1 aromatic carbocycles. The third kappa shape index (κ3) is 4.07. The second kappa shape index (κ2) is 6.53. The summed E-state index contributed by atoms with van der Waals surface area (Å²) in [6.45, 7) is 6.27. The molecule has 2 rings (SSSR count). The summed E-state index contributed by atoms with van der Waals surface area (Å²) in [6, 6.07) is 4.75. The highest BCUT2D eigenvalue weighted by Gasteiger charge is 2.15. The Labute approximate surface area is 117 Å². The maximum Gasteiger partial charge on any atom is 0.273 e. The molecule has 1 atom stereocenters. The molecule has 0 aromatic heterocycles. The van der Waals surface area contributed by atoms with Crippen molar-refractivity contribution in [1.29, 1.82) is 0 Å². The number of hydrogen-bond acceptors (Lipinski definition) is 6. The van der Waals surface area contributed by atoms with Crippen LogP contribution in [0.1, 0.15) is 6.92 Å². The van der Waals surface area contributed by atoms with E-state index < -0.39 is 4.92 Å². The van der Waals surface area contributed by atoms with E-state index in [0.29, 0.717) is 11.4 Å². The Morgan fingerprint density at radius 1 is 1.45 bits per heavy atom. The van der Waals surface area contributed by atoms with Gasteiger partial charge in [0, 0.05) is 49.2 Å². The van der Waals surface area contributed by atoms with Crippen molar-refractivity contribution in [2.75, 3.05) is 43.9 Å². The number of benzene rings is 1. The molecule has 1 aliphatic heterocycles. The van der Waals surface area contributed by atoms with Crippen molar-refractivity contribution in [2.45, 2.75) is 13.0 Å². The highest BCUT2D eigenvalue weighted by Crippen LogP contribution is 2.22. The lowest BCUT2D eigenvalue weighted by molar-refractivity contribution is -0.384. The molecule has 1 aromatic rings. The lowest BCUT2D eigenvalue weighted by Gasteiger charge is -2.29. The van der Waals surface area contributed by atoms with Gasteiger partial charge in [-0.2, -0.15) is 0 Å². The SMILES string of the molecule is CC(CN1CCOCC1)Nc1cc(N)cc([N+](=O)[O-])c1. The number of ether oxygens (including phenoxy) is 1. The van der Waals surface area contributed by atoms with E-state index in [-0.39, 0.29) is 11.7 Å². The van der Waals surface area contributed by atoms with Crippen LogP contribution in [-0.2, 0) is 4.74 Å². The number of nitrogens with one attached hydrogen (secondary N) is 1. The Bertz CT molecular complexity index is 475. The predicted octanol–water partition coefficient (Wildman–Crippen LogP) is 1.31. The van der Waals surface area contributed by atoms with Crippen molar-refractivity contribution in [2.24, 2.45) is 0 Å². The molecule has 0 saturated carbocycles. The highest BCUT2D eigenvalue weighted by atomic mass is 16.6. The number of nitrogens with zero attached hydrogens (tertiary/aromatic N) is 2. The molecule has 110 valence electrons. The summed E-state index contributed by atoms with van der Waals surface area (Å²) >= 11 is 0. The molecule has 3 N–H and O–H groups in total. The molecule has 0 radical (unpaired) electrons. The number of nitrogens with two attached hydrogens (primary N) is 1. The number of rotatable bonds is 5. The fourth-order valence-corrected chi connectivity index (χ4v) is 2.32. The standard InChI is InChI=1S/C13H20N4O3/c1-10(9-16-2-4-20-5-3-16)15-12-6-11(14)7-13(8-12)17(18)19/h6-8,10,15H,2-5,9,14H2,1H3. The van der Waals surface area contributed by atoms with Crippen LogP contribution in [0.4, 0.5) is 17.1 Å². The minimum Gasteiger partial charge on any atom is -0.398 e. The quantitative estimate of drug-likeness (QED) is 0.480. The number of anilines is 2. The Balaban J connectivity index is 1.96. The molecule has 1 aliphatic rings. The molecule has 0 aliphatic carbocycles. The minimum absolute atomic E-state index is 0.00562. The highest BCUT2D eigenvalue weighted by molar-refractivity contribution is 5.61. The Morgan fingerprint density at radius 3 is 2.80 bits per heavy atom. The minimum atomic E-state index is -0.436. The summed E-state index contributed by atoms with van der Waals surface area (Å²) in [6.07, 6.45) is 0. The van der Waals surface area contributed by atoms with E-state index in [4.69, 9.17) is 10.5 Å². The zero-order valence-electron chi connectivity index (χ0n) is 11.5. The fraction of sp³-hybridized carbons (Fsp3) is 0.538. The van der Waals surface area contributed by atoms with E-state index in [0.717, 1.165) is 32.8 Å². The van der Waals surface area contributed by atoms with Crippen molar-refractivity contribution in [3.05, 3.63) is 28.3 Å². The third-order valence-electron chi connectivity index (χ3n) is 3.20. The molecule has 1 unspecified atom stereocenters. The van der Waals surface area contributed by atoms with Crippen molar-refractivity contribution < 1.29 is 9.66 Å². The third-order valence-corrected chi connectivity index (χ3v) is 3.20. The second-order valence-corrected chi connectivity index (χ2v) is 5.03. The maximum atomic E-state index is 10.8. The molecule has 1 heterocycles. The van der Waals surface area contributed by atoms with E-state index in [1.807, 2.05) is 6.92 Å².